The van der Waals surface area contributed by atoms with E-state index in [1.165, 1.54) is 7.11 Å². The number of rotatable bonds is 8. The Hall–Kier alpha value is -3.42. The number of nitrogens with one attached hydrogen (secondary N) is 1. The molecule has 0 bridgehead atoms. The van der Waals surface area contributed by atoms with Gasteiger partial charge in [0.25, 0.3) is 11.8 Å². The van der Waals surface area contributed by atoms with Crippen molar-refractivity contribution >= 4 is 40.9 Å². The predicted octanol–water partition coefficient (Wildman–Crippen LogP) is 0.626. The largest absolute Gasteiger partial charge is 0.481 e. The normalized spacial score (nSPS) is 18.7. The highest BCUT2D eigenvalue weighted by Crippen LogP contribution is 2.30. The van der Waals surface area contributed by atoms with Gasteiger partial charge in [0.05, 0.1) is 19.3 Å². The number of hydrogen-bond acceptors (Lipinski definition) is 11. The van der Waals surface area contributed by atoms with E-state index in [2.05, 4.69) is 37.0 Å². The second-order valence-electron chi connectivity index (χ2n) is 9.61. The number of anilines is 3. The van der Waals surface area contributed by atoms with Crippen molar-refractivity contribution in [1.82, 2.24) is 30.1 Å². The molecular weight excluding hydrogens is 526 g/mol. The summed E-state index contributed by atoms with van der Waals surface area (Å²) in [6, 6.07) is 3.90. The Morgan fingerprint density at radius 3 is 2.51 bits per heavy atom. The molecule has 2 fully saturated rings. The number of hydrogen-bond donors (Lipinski definition) is 4. The van der Waals surface area contributed by atoms with Crippen LogP contribution in [-0.4, -0.2) is 107 Å². The fraction of sp³-hybridized carbons (Fsp3) is 0.560. The maximum atomic E-state index is 13.1. The SMILES string of the molecule is CC[C@H]1CN(c2nc(N)c(C(=O)NCCO)nc2Cl)CCN1C1CCN(C(=O)c2ccc(OC)nc2N)CC1. The van der Waals surface area contributed by atoms with Crippen LogP contribution in [0.2, 0.25) is 5.15 Å². The van der Waals surface area contributed by atoms with Gasteiger partial charge in [-0.25, -0.2) is 9.97 Å². The molecule has 2 aliphatic heterocycles. The zero-order valence-corrected chi connectivity index (χ0v) is 23.0. The Morgan fingerprint density at radius 2 is 1.87 bits per heavy atom. The molecule has 2 amide bonds. The third-order valence-corrected chi connectivity index (χ3v) is 7.59. The summed E-state index contributed by atoms with van der Waals surface area (Å²) in [4.78, 5) is 44.5. The van der Waals surface area contributed by atoms with E-state index in [9.17, 15) is 9.59 Å². The number of aliphatic hydroxyl groups excluding tert-OH is 1. The molecule has 0 spiro atoms. The summed E-state index contributed by atoms with van der Waals surface area (Å²) in [6.45, 7) is 5.47. The van der Waals surface area contributed by atoms with Crippen LogP contribution in [0.25, 0.3) is 0 Å². The lowest BCUT2D eigenvalue weighted by atomic mass is 9.97. The van der Waals surface area contributed by atoms with Gasteiger partial charge < -0.3 is 36.4 Å². The van der Waals surface area contributed by atoms with E-state index in [1.807, 2.05) is 4.90 Å². The Morgan fingerprint density at radius 1 is 1.13 bits per heavy atom. The zero-order valence-electron chi connectivity index (χ0n) is 22.3. The van der Waals surface area contributed by atoms with Crippen molar-refractivity contribution in [3.63, 3.8) is 0 Å². The van der Waals surface area contributed by atoms with Gasteiger partial charge in [0.1, 0.15) is 5.82 Å². The fourth-order valence-electron chi connectivity index (χ4n) is 5.27. The van der Waals surface area contributed by atoms with E-state index in [1.54, 1.807) is 12.1 Å². The molecule has 39 heavy (non-hydrogen) atoms. The van der Waals surface area contributed by atoms with Crippen molar-refractivity contribution in [3.05, 3.63) is 28.5 Å². The van der Waals surface area contributed by atoms with E-state index in [0.717, 1.165) is 25.8 Å². The molecule has 2 saturated heterocycles. The minimum absolute atomic E-state index is 0.00921. The number of ether oxygens (including phenoxy) is 1. The average molecular weight is 562 g/mol. The Kier molecular flexibility index (Phi) is 9.25. The first-order chi connectivity index (χ1) is 18.8. The van der Waals surface area contributed by atoms with Gasteiger partial charge >= 0.3 is 0 Å². The van der Waals surface area contributed by atoms with Crippen LogP contribution >= 0.6 is 11.6 Å². The van der Waals surface area contributed by atoms with Gasteiger partial charge in [0.15, 0.2) is 22.5 Å². The van der Waals surface area contributed by atoms with E-state index in [4.69, 9.17) is 32.9 Å². The van der Waals surface area contributed by atoms with E-state index in [0.29, 0.717) is 49.5 Å². The lowest BCUT2D eigenvalue weighted by Crippen LogP contribution is -2.58. The number of carbonyl (C=O) groups excluding carboxylic acids is 2. The van der Waals surface area contributed by atoms with Crippen LogP contribution in [-0.2, 0) is 0 Å². The van der Waals surface area contributed by atoms with Gasteiger partial charge in [0.2, 0.25) is 5.88 Å². The van der Waals surface area contributed by atoms with E-state index < -0.39 is 5.91 Å². The molecule has 4 rings (SSSR count). The number of aliphatic hydroxyl groups is 1. The molecule has 0 unspecified atom stereocenters. The Bertz CT molecular complexity index is 1190. The summed E-state index contributed by atoms with van der Waals surface area (Å²) >= 11 is 6.44. The molecule has 0 radical (unpaired) electrons. The highest BCUT2D eigenvalue weighted by Gasteiger charge is 2.35. The minimum atomic E-state index is -0.533. The number of piperidine rings is 1. The zero-order chi connectivity index (χ0) is 28.1. The smallest absolute Gasteiger partial charge is 0.273 e. The van der Waals surface area contributed by atoms with Crippen molar-refractivity contribution in [1.29, 1.82) is 0 Å². The van der Waals surface area contributed by atoms with Crippen molar-refractivity contribution in [3.8, 4) is 5.88 Å². The molecule has 1 atom stereocenters. The Labute approximate surface area is 232 Å². The number of aromatic nitrogens is 3. The second-order valence-corrected chi connectivity index (χ2v) is 9.97. The molecule has 2 aromatic heterocycles. The maximum absolute atomic E-state index is 13.1. The number of piperazine rings is 1. The molecular formula is C25H36ClN9O4. The highest BCUT2D eigenvalue weighted by molar-refractivity contribution is 6.32. The maximum Gasteiger partial charge on any atom is 0.273 e. The van der Waals surface area contributed by atoms with Gasteiger partial charge in [0, 0.05) is 57.4 Å². The predicted molar refractivity (Wildman–Crippen MR) is 148 cm³/mol. The number of nitrogens with two attached hydrogens (primary N) is 2. The molecule has 0 aromatic carbocycles. The topological polar surface area (TPSA) is 176 Å². The average Bonchev–Trinajstić information content (AvgIpc) is 2.96. The first-order valence-electron chi connectivity index (χ1n) is 13.1. The molecule has 13 nitrogen and oxygen atoms in total. The van der Waals surface area contributed by atoms with Crippen molar-refractivity contribution in [2.24, 2.45) is 0 Å². The standard InChI is InChI=1S/C25H36ClN9O4/c1-3-15-14-34(23-20(26)31-19(22(28)32-23)24(37)29-8-13-36)11-12-35(15)16-6-9-33(10-7-16)25(38)17-4-5-18(39-2)30-21(17)27/h4-5,15-16,36H,3,6-14H2,1-2H3,(H2,27,30)(H2,28,32)(H,29,37)/t15-/m0/s1. The number of carbonyl (C=O) groups is 2. The number of nitrogen functional groups attached to an aromatic ring is 2. The lowest BCUT2D eigenvalue weighted by Gasteiger charge is -2.47. The van der Waals surface area contributed by atoms with Crippen LogP contribution in [0, 0.1) is 0 Å². The van der Waals surface area contributed by atoms with Crippen molar-refractivity contribution in [2.75, 3.05) is 69.4 Å². The van der Waals surface area contributed by atoms with Gasteiger partial charge in [-0.3, -0.25) is 14.5 Å². The lowest BCUT2D eigenvalue weighted by molar-refractivity contribution is 0.0491. The van der Waals surface area contributed by atoms with Gasteiger partial charge in [-0.2, -0.15) is 4.98 Å². The summed E-state index contributed by atoms with van der Waals surface area (Å²) in [6.07, 6.45) is 2.64. The van der Waals surface area contributed by atoms with Gasteiger partial charge in [-0.1, -0.05) is 18.5 Å². The van der Waals surface area contributed by atoms with Crippen molar-refractivity contribution < 1.29 is 19.4 Å². The number of halogens is 1. The number of methoxy groups -OCH3 is 1. The molecule has 4 heterocycles. The van der Waals surface area contributed by atoms with Crippen LogP contribution in [0.1, 0.15) is 47.0 Å². The Balaban J connectivity index is 1.38. The molecule has 0 aliphatic carbocycles. The summed E-state index contributed by atoms with van der Waals surface area (Å²) in [5, 5.41) is 11.6. The second kappa shape index (κ2) is 12.6. The first-order valence-corrected chi connectivity index (χ1v) is 13.5. The molecule has 212 valence electrons. The van der Waals surface area contributed by atoms with Crippen LogP contribution < -0.4 is 26.4 Å². The van der Waals surface area contributed by atoms with E-state index >= 15 is 0 Å². The molecule has 2 aliphatic rings. The third-order valence-electron chi connectivity index (χ3n) is 7.33. The number of amides is 2. The molecule has 0 saturated carbocycles. The molecule has 6 N–H and O–H groups in total. The quantitative estimate of drug-likeness (QED) is 0.355. The van der Waals surface area contributed by atoms with Gasteiger partial charge in [-0.05, 0) is 25.3 Å². The highest BCUT2D eigenvalue weighted by atomic mass is 35.5. The third kappa shape index (κ3) is 6.26. The molecule has 2 aromatic rings. The van der Waals surface area contributed by atoms with Crippen LogP contribution in [0.5, 0.6) is 5.88 Å². The summed E-state index contributed by atoms with van der Waals surface area (Å²) in [5.74, 6) is 0.348. The number of nitrogens with zero attached hydrogens (tertiary/aromatic N) is 6. The minimum Gasteiger partial charge on any atom is -0.481 e. The monoisotopic (exact) mass is 561 g/mol. The summed E-state index contributed by atoms with van der Waals surface area (Å²) in [5.41, 5.74) is 12.4. The fourth-order valence-corrected chi connectivity index (χ4v) is 5.51. The first kappa shape index (κ1) is 28.6. The summed E-state index contributed by atoms with van der Waals surface area (Å²) in [7, 11) is 1.51. The van der Waals surface area contributed by atoms with E-state index in [-0.39, 0.29) is 47.6 Å². The number of pyridine rings is 1. The van der Waals surface area contributed by atoms with Crippen molar-refractivity contribution in [2.45, 2.75) is 38.3 Å². The van der Waals surface area contributed by atoms with Crippen LogP contribution in [0.4, 0.5) is 17.5 Å². The van der Waals surface area contributed by atoms with Crippen LogP contribution in [0.15, 0.2) is 12.1 Å². The van der Waals surface area contributed by atoms with Gasteiger partial charge in [-0.15, -0.1) is 0 Å². The molecule has 14 heteroatoms. The summed E-state index contributed by atoms with van der Waals surface area (Å²) < 4.78 is 5.08. The van der Waals surface area contributed by atoms with Crippen LogP contribution in [0.3, 0.4) is 0 Å². The number of likely N-dealkylation sites (tertiary alicyclic amines) is 1.